The van der Waals surface area contributed by atoms with Crippen LogP contribution in [0.2, 0.25) is 25.7 Å². The van der Waals surface area contributed by atoms with Gasteiger partial charge in [0.2, 0.25) is 5.66 Å². The Morgan fingerprint density at radius 2 is 2.16 bits per heavy atom. The summed E-state index contributed by atoms with van der Waals surface area (Å²) < 4.78 is 5.64. The molecule has 0 saturated carbocycles. The molecule has 110 valence electrons. The third-order valence-electron chi connectivity index (χ3n) is 3.31. The molecule has 0 radical (unpaired) electrons. The van der Waals surface area contributed by atoms with E-state index in [0.29, 0.717) is 13.3 Å². The molecule has 1 unspecified atom stereocenters. The van der Waals surface area contributed by atoms with Crippen molar-refractivity contribution in [3.05, 3.63) is 11.9 Å². The lowest BCUT2D eigenvalue weighted by Crippen LogP contribution is -2.56. The van der Waals surface area contributed by atoms with Crippen molar-refractivity contribution in [3.8, 4) is 0 Å². The summed E-state index contributed by atoms with van der Waals surface area (Å²) in [6.45, 7) is 11.5. The van der Waals surface area contributed by atoms with Crippen molar-refractivity contribution in [3.63, 3.8) is 0 Å². The second-order valence-corrected chi connectivity index (χ2v) is 11.9. The fourth-order valence-corrected chi connectivity index (χ4v) is 2.55. The summed E-state index contributed by atoms with van der Waals surface area (Å²) in [5, 5.41) is 12.4. The van der Waals surface area contributed by atoms with Gasteiger partial charge in [-0.2, -0.15) is 0 Å². The Morgan fingerprint density at radius 3 is 2.63 bits per heavy atom. The molecular weight excluding hydrogens is 260 g/mol. The highest BCUT2D eigenvalue weighted by molar-refractivity contribution is 6.76. The first-order valence-corrected chi connectivity index (χ1v) is 10.5. The van der Waals surface area contributed by atoms with Crippen molar-refractivity contribution in [1.29, 1.82) is 0 Å². The average Bonchev–Trinajstić information content (AvgIpc) is 2.62. The van der Waals surface area contributed by atoms with E-state index in [2.05, 4.69) is 25.0 Å². The van der Waals surface area contributed by atoms with Crippen LogP contribution in [0.1, 0.15) is 20.3 Å². The second-order valence-electron chi connectivity index (χ2n) is 6.33. The smallest absolute Gasteiger partial charge is 0.350 e. The zero-order valence-electron chi connectivity index (χ0n) is 12.6. The largest absolute Gasteiger partial charge is 0.478 e. The minimum atomic E-state index is -1.10. The standard InChI is InChI=1S/C13H26N2O3Si/c1-6-11-9-15(13(2,14-11)12(16)17)10-18-7-8-19(3,4)5/h9,14H,6-8,10H2,1-5H3,(H,16,17). The Labute approximate surface area is 116 Å². The molecule has 0 bridgehead atoms. The summed E-state index contributed by atoms with van der Waals surface area (Å²) in [5.74, 6) is -0.888. The summed E-state index contributed by atoms with van der Waals surface area (Å²) in [7, 11) is -1.10. The van der Waals surface area contributed by atoms with Crippen LogP contribution in [0.4, 0.5) is 0 Å². The Balaban J connectivity index is 2.54. The van der Waals surface area contributed by atoms with Crippen molar-refractivity contribution in [1.82, 2.24) is 10.2 Å². The third kappa shape index (κ3) is 4.24. The van der Waals surface area contributed by atoms with Gasteiger partial charge in [-0.3, -0.25) is 0 Å². The molecule has 19 heavy (non-hydrogen) atoms. The van der Waals surface area contributed by atoms with Crippen molar-refractivity contribution < 1.29 is 14.6 Å². The van der Waals surface area contributed by atoms with Crippen molar-refractivity contribution in [2.75, 3.05) is 13.3 Å². The number of allylic oxidation sites excluding steroid dienone is 1. The van der Waals surface area contributed by atoms with E-state index in [1.165, 1.54) is 0 Å². The number of hydrogen-bond donors (Lipinski definition) is 2. The first-order chi connectivity index (χ1) is 8.69. The van der Waals surface area contributed by atoms with Crippen LogP contribution < -0.4 is 5.32 Å². The third-order valence-corrected chi connectivity index (χ3v) is 5.02. The highest BCUT2D eigenvalue weighted by atomic mass is 28.3. The van der Waals surface area contributed by atoms with Gasteiger partial charge < -0.3 is 20.1 Å². The number of carboxylic acid groups (broad SMARTS) is 1. The van der Waals surface area contributed by atoms with E-state index in [0.717, 1.165) is 18.2 Å². The molecule has 0 saturated heterocycles. The van der Waals surface area contributed by atoms with Crippen LogP contribution in [0.5, 0.6) is 0 Å². The van der Waals surface area contributed by atoms with E-state index in [4.69, 9.17) is 4.74 Å². The predicted molar refractivity (Wildman–Crippen MR) is 78.4 cm³/mol. The quantitative estimate of drug-likeness (QED) is 0.555. The summed E-state index contributed by atoms with van der Waals surface area (Å²) in [6.07, 6.45) is 2.64. The predicted octanol–water partition coefficient (Wildman–Crippen LogP) is 2.26. The normalized spacial score (nSPS) is 23.2. The number of hydrogen-bond acceptors (Lipinski definition) is 4. The molecule has 5 nitrogen and oxygen atoms in total. The maximum absolute atomic E-state index is 11.4. The molecule has 1 aliphatic rings. The maximum Gasteiger partial charge on any atom is 0.350 e. The highest BCUT2D eigenvalue weighted by Gasteiger charge is 2.42. The minimum Gasteiger partial charge on any atom is -0.478 e. The number of nitrogens with zero attached hydrogens (tertiary/aromatic N) is 1. The van der Waals surface area contributed by atoms with E-state index in [1.807, 2.05) is 13.1 Å². The SMILES string of the molecule is CCC1=CN(COCC[Si](C)(C)C)C(C)(C(=O)O)N1. The molecule has 1 rings (SSSR count). The van der Waals surface area contributed by atoms with Gasteiger partial charge in [-0.25, -0.2) is 4.79 Å². The van der Waals surface area contributed by atoms with E-state index < -0.39 is 19.7 Å². The number of ether oxygens (including phenoxy) is 1. The summed E-state index contributed by atoms with van der Waals surface area (Å²) in [4.78, 5) is 13.1. The zero-order valence-corrected chi connectivity index (χ0v) is 13.6. The molecule has 0 aromatic rings. The first-order valence-electron chi connectivity index (χ1n) is 6.76. The summed E-state index contributed by atoms with van der Waals surface area (Å²) in [6, 6.07) is 1.09. The van der Waals surface area contributed by atoms with Gasteiger partial charge in [0.1, 0.15) is 6.73 Å². The highest BCUT2D eigenvalue weighted by Crippen LogP contribution is 2.23. The summed E-state index contributed by atoms with van der Waals surface area (Å²) >= 11 is 0. The van der Waals surface area contributed by atoms with E-state index >= 15 is 0 Å². The van der Waals surface area contributed by atoms with Gasteiger partial charge >= 0.3 is 5.97 Å². The number of rotatable bonds is 7. The summed E-state index contributed by atoms with van der Waals surface area (Å²) in [5.41, 5.74) is -0.163. The molecule has 0 aromatic carbocycles. The molecule has 1 heterocycles. The molecular formula is C13H26N2O3Si. The molecule has 1 aliphatic heterocycles. The van der Waals surface area contributed by atoms with Crippen LogP contribution in [-0.2, 0) is 9.53 Å². The van der Waals surface area contributed by atoms with Gasteiger partial charge in [0, 0.05) is 26.6 Å². The van der Waals surface area contributed by atoms with Crippen LogP contribution in [0.25, 0.3) is 0 Å². The fourth-order valence-electron chi connectivity index (χ4n) is 1.80. The van der Waals surface area contributed by atoms with Crippen molar-refractivity contribution in [2.45, 2.75) is 51.6 Å². The fraction of sp³-hybridized carbons (Fsp3) is 0.769. The van der Waals surface area contributed by atoms with Crippen LogP contribution >= 0.6 is 0 Å². The topological polar surface area (TPSA) is 61.8 Å². The van der Waals surface area contributed by atoms with Gasteiger partial charge in [-0.1, -0.05) is 26.6 Å². The van der Waals surface area contributed by atoms with E-state index in [-0.39, 0.29) is 0 Å². The molecule has 0 spiro atoms. The number of carbonyl (C=O) groups is 1. The minimum absolute atomic E-state index is 0.309. The van der Waals surface area contributed by atoms with Gasteiger partial charge in [0.05, 0.1) is 0 Å². The number of carboxylic acids is 1. The lowest BCUT2D eigenvalue weighted by Gasteiger charge is -2.32. The lowest BCUT2D eigenvalue weighted by molar-refractivity contribution is -0.152. The molecule has 0 amide bonds. The van der Waals surface area contributed by atoms with Crippen LogP contribution in [-0.4, -0.2) is 43.1 Å². The second kappa shape index (κ2) is 5.96. The molecule has 1 atom stereocenters. The Morgan fingerprint density at radius 1 is 1.53 bits per heavy atom. The van der Waals surface area contributed by atoms with Crippen molar-refractivity contribution in [2.24, 2.45) is 0 Å². The van der Waals surface area contributed by atoms with E-state index in [9.17, 15) is 9.90 Å². The molecule has 0 aromatic heterocycles. The van der Waals surface area contributed by atoms with Crippen LogP contribution in [0.3, 0.4) is 0 Å². The average molecular weight is 286 g/mol. The monoisotopic (exact) mass is 286 g/mol. The van der Waals surface area contributed by atoms with E-state index in [1.54, 1.807) is 11.8 Å². The van der Waals surface area contributed by atoms with Crippen molar-refractivity contribution >= 4 is 14.0 Å². The zero-order chi connectivity index (χ0) is 14.7. The Hall–Kier alpha value is -1.01. The van der Waals surface area contributed by atoms with Crippen LogP contribution in [0.15, 0.2) is 11.9 Å². The Kier molecular flexibility index (Phi) is 5.03. The van der Waals surface area contributed by atoms with Gasteiger partial charge in [0.25, 0.3) is 0 Å². The van der Waals surface area contributed by atoms with Gasteiger partial charge in [0.15, 0.2) is 0 Å². The maximum atomic E-state index is 11.4. The van der Waals surface area contributed by atoms with Gasteiger partial charge in [-0.05, 0) is 19.4 Å². The van der Waals surface area contributed by atoms with Gasteiger partial charge in [-0.15, -0.1) is 0 Å². The first kappa shape index (κ1) is 16.0. The molecule has 2 N–H and O–H groups in total. The lowest BCUT2D eigenvalue weighted by atomic mass is 10.2. The Bertz CT molecular complexity index is 365. The molecule has 0 fully saturated rings. The molecule has 6 heteroatoms. The van der Waals surface area contributed by atoms with Crippen LogP contribution in [0, 0.1) is 0 Å². The molecule has 0 aliphatic carbocycles. The number of aliphatic carboxylic acids is 1. The number of nitrogens with one attached hydrogen (secondary N) is 1.